The van der Waals surface area contributed by atoms with Crippen molar-refractivity contribution in [2.45, 2.75) is 25.3 Å². The number of aliphatic imine (C=N–C) groups is 1. The number of nitrogens with two attached hydrogens (primary N) is 1. The molecular weight excluding hydrogens is 501 g/mol. The first-order valence-electron chi connectivity index (χ1n) is 11.3. The van der Waals surface area contributed by atoms with Crippen molar-refractivity contribution in [3.63, 3.8) is 0 Å². The number of carbonyl (C=O) groups excluding carboxylic acids is 1. The Morgan fingerprint density at radius 3 is 2.41 bits per heavy atom. The first-order valence-corrected chi connectivity index (χ1v) is 12.3. The van der Waals surface area contributed by atoms with E-state index in [-0.39, 0.29) is 48.4 Å². The monoisotopic (exact) mass is 527 g/mol. The largest absolute Gasteiger partial charge is 0.482 e. The number of Topliss-reactive ketones (excluding diaryl/α,β-unsaturated/α-hetero) is 1. The molecule has 0 bridgehead atoms. The van der Waals surface area contributed by atoms with Crippen LogP contribution in [0.3, 0.4) is 0 Å². The Morgan fingerprint density at radius 1 is 1.05 bits per heavy atom. The van der Waals surface area contributed by atoms with Crippen LogP contribution in [0.2, 0.25) is 0 Å². The Hall–Kier alpha value is -3.93. The number of hydrogen-bond donors (Lipinski definition) is 1. The van der Waals surface area contributed by atoms with Crippen molar-refractivity contribution in [1.82, 2.24) is 15.0 Å². The van der Waals surface area contributed by atoms with Crippen molar-refractivity contribution in [3.8, 4) is 29.5 Å². The molecule has 1 aliphatic rings. The number of nitrogens with zero attached hydrogens (tertiary/aromatic N) is 4. The smallest absolute Gasteiger partial charge is 0.331 e. The van der Waals surface area contributed by atoms with E-state index in [2.05, 4.69) is 19.9 Å². The number of amidine groups is 1. The molecule has 0 saturated carbocycles. The van der Waals surface area contributed by atoms with Crippen LogP contribution >= 0.6 is 11.8 Å². The predicted octanol–water partition coefficient (Wildman–Crippen LogP) is 3.68. The third-order valence-electron chi connectivity index (χ3n) is 5.59. The van der Waals surface area contributed by atoms with Gasteiger partial charge >= 0.3 is 18.0 Å². The maximum Gasteiger partial charge on any atom is 0.331 e. The van der Waals surface area contributed by atoms with Gasteiger partial charge in [0.15, 0.2) is 22.4 Å². The zero-order valence-electron chi connectivity index (χ0n) is 20.6. The van der Waals surface area contributed by atoms with Crippen molar-refractivity contribution in [1.29, 1.82) is 0 Å². The Morgan fingerprint density at radius 2 is 1.73 bits per heavy atom. The summed E-state index contributed by atoms with van der Waals surface area (Å²) in [5, 5.41) is 0.429. The van der Waals surface area contributed by atoms with Gasteiger partial charge in [-0.2, -0.15) is 0 Å². The second kappa shape index (κ2) is 11.4. The molecular formula is C25H26FN5O5S. The second-order valence-corrected chi connectivity index (χ2v) is 9.40. The maximum atomic E-state index is 14.7. The minimum absolute atomic E-state index is 0.0170. The summed E-state index contributed by atoms with van der Waals surface area (Å²) in [4.78, 5) is 29.2. The lowest BCUT2D eigenvalue weighted by molar-refractivity contribution is -0.120. The zero-order chi connectivity index (χ0) is 26.4. The van der Waals surface area contributed by atoms with Gasteiger partial charge in [-0.3, -0.25) is 9.79 Å². The van der Waals surface area contributed by atoms with E-state index in [9.17, 15) is 9.18 Å². The molecule has 1 aromatic heterocycles. The van der Waals surface area contributed by atoms with Crippen LogP contribution in [-0.4, -0.2) is 52.5 Å². The molecule has 2 aromatic carbocycles. The predicted molar refractivity (Wildman–Crippen MR) is 136 cm³/mol. The highest BCUT2D eigenvalue weighted by Gasteiger charge is 2.32. The molecule has 0 fully saturated rings. The number of methoxy groups -OCH3 is 2. The van der Waals surface area contributed by atoms with Gasteiger partial charge in [0.1, 0.15) is 12.4 Å². The van der Waals surface area contributed by atoms with Crippen molar-refractivity contribution in [3.05, 3.63) is 59.4 Å². The fraction of sp³-hybridized carbons (Fsp3) is 0.320. The molecule has 194 valence electrons. The molecule has 0 radical (unpaired) electrons. The Labute approximate surface area is 217 Å². The highest BCUT2D eigenvalue weighted by Crippen LogP contribution is 2.37. The van der Waals surface area contributed by atoms with E-state index in [0.717, 1.165) is 5.75 Å². The second-order valence-electron chi connectivity index (χ2n) is 8.28. The number of ketones is 1. The fourth-order valence-electron chi connectivity index (χ4n) is 3.71. The van der Waals surface area contributed by atoms with Crippen molar-refractivity contribution in [2.75, 3.05) is 26.6 Å². The number of rotatable bonds is 10. The molecule has 0 amide bonds. The molecule has 2 heterocycles. The number of ether oxygens (including phenoxy) is 4. The SMILES string of the molecule is COc1nc(OC)nc(Oc2ccccc2OCC(=O)Cc2ccc(F)c([C@]3(C)CCSC(N)=N3)c2)n1. The Balaban J connectivity index is 1.44. The number of carbonyl (C=O) groups is 1. The van der Waals surface area contributed by atoms with Crippen LogP contribution in [0.15, 0.2) is 47.5 Å². The molecule has 37 heavy (non-hydrogen) atoms. The van der Waals surface area contributed by atoms with E-state index < -0.39 is 5.54 Å². The highest BCUT2D eigenvalue weighted by atomic mass is 32.2. The molecule has 0 saturated heterocycles. The van der Waals surface area contributed by atoms with Gasteiger partial charge < -0.3 is 24.7 Å². The van der Waals surface area contributed by atoms with E-state index in [1.54, 1.807) is 36.4 Å². The number of thioether (sulfide) groups is 1. The molecule has 1 aliphatic heterocycles. The summed E-state index contributed by atoms with van der Waals surface area (Å²) in [5.41, 5.74) is 6.19. The average Bonchev–Trinajstić information content (AvgIpc) is 2.88. The standard InChI is InChI=1S/C25H26FN5O5S/c1-25(10-11-37-21(27)31-25)17-13-15(8-9-18(17)26)12-16(32)14-35-19-6-4-5-7-20(19)36-24-29-22(33-2)28-23(30-24)34-3/h4-9,13H,10-12,14H2,1-3H3,(H2,27,31)/t25-/m0/s1. The first-order chi connectivity index (χ1) is 17.8. The van der Waals surface area contributed by atoms with Crippen LogP contribution in [-0.2, 0) is 16.8 Å². The maximum absolute atomic E-state index is 14.7. The molecule has 4 rings (SSSR count). The van der Waals surface area contributed by atoms with Crippen LogP contribution in [0.4, 0.5) is 4.39 Å². The first kappa shape index (κ1) is 26.1. The molecule has 10 nitrogen and oxygen atoms in total. The highest BCUT2D eigenvalue weighted by molar-refractivity contribution is 8.13. The van der Waals surface area contributed by atoms with E-state index in [4.69, 9.17) is 24.7 Å². The van der Waals surface area contributed by atoms with Crippen LogP contribution in [0.5, 0.6) is 29.5 Å². The minimum atomic E-state index is -0.772. The van der Waals surface area contributed by atoms with Crippen molar-refractivity contribution >= 4 is 22.7 Å². The van der Waals surface area contributed by atoms with Crippen molar-refractivity contribution < 1.29 is 28.1 Å². The third-order valence-corrected chi connectivity index (χ3v) is 6.38. The molecule has 12 heteroatoms. The van der Waals surface area contributed by atoms with Gasteiger partial charge in [0, 0.05) is 17.7 Å². The molecule has 0 aliphatic carbocycles. The molecule has 0 unspecified atom stereocenters. The topological polar surface area (TPSA) is 131 Å². The number of hydrogen-bond acceptors (Lipinski definition) is 11. The normalized spacial score (nSPS) is 17.0. The third kappa shape index (κ3) is 6.45. The quantitative estimate of drug-likeness (QED) is 0.416. The number of benzene rings is 2. The fourth-order valence-corrected chi connectivity index (χ4v) is 4.69. The number of para-hydroxylation sites is 2. The Kier molecular flexibility index (Phi) is 8.07. The molecule has 1 atom stereocenters. The lowest BCUT2D eigenvalue weighted by Gasteiger charge is -2.30. The summed E-state index contributed by atoms with van der Waals surface area (Å²) in [6.45, 7) is 1.62. The van der Waals surface area contributed by atoms with E-state index >= 15 is 0 Å². The average molecular weight is 528 g/mol. The van der Waals surface area contributed by atoms with Gasteiger partial charge in [-0.15, -0.1) is 15.0 Å². The van der Waals surface area contributed by atoms with Gasteiger partial charge in [0.2, 0.25) is 0 Å². The van der Waals surface area contributed by atoms with E-state index in [1.165, 1.54) is 32.0 Å². The van der Waals surface area contributed by atoms with Crippen molar-refractivity contribution in [2.24, 2.45) is 10.7 Å². The summed E-state index contributed by atoms with van der Waals surface area (Å²) in [6.07, 6.45) is 0.702. The Bertz CT molecular complexity index is 1300. The lowest BCUT2D eigenvalue weighted by Crippen LogP contribution is -2.30. The van der Waals surface area contributed by atoms with Gasteiger partial charge in [0.05, 0.1) is 19.8 Å². The molecule has 0 spiro atoms. The van der Waals surface area contributed by atoms with E-state index in [0.29, 0.717) is 28.5 Å². The van der Waals surface area contributed by atoms with Crippen LogP contribution in [0.25, 0.3) is 0 Å². The van der Waals surface area contributed by atoms with Crippen LogP contribution < -0.4 is 24.7 Å². The van der Waals surface area contributed by atoms with Gasteiger partial charge in [-0.1, -0.05) is 30.0 Å². The summed E-state index contributed by atoms with van der Waals surface area (Å²) in [6, 6.07) is 11.4. The van der Waals surface area contributed by atoms with E-state index in [1.807, 2.05) is 6.92 Å². The van der Waals surface area contributed by atoms with Gasteiger partial charge in [-0.05, 0) is 43.2 Å². The summed E-state index contributed by atoms with van der Waals surface area (Å²) >= 11 is 1.45. The summed E-state index contributed by atoms with van der Waals surface area (Å²) in [5.74, 6) is 0.756. The lowest BCUT2D eigenvalue weighted by atomic mass is 9.87. The van der Waals surface area contributed by atoms with Crippen LogP contribution in [0, 0.1) is 5.82 Å². The summed E-state index contributed by atoms with van der Waals surface area (Å²) in [7, 11) is 2.81. The minimum Gasteiger partial charge on any atom is -0.482 e. The number of halogens is 1. The molecule has 2 N–H and O–H groups in total. The molecule has 3 aromatic rings. The van der Waals surface area contributed by atoms with Gasteiger partial charge in [-0.25, -0.2) is 4.39 Å². The van der Waals surface area contributed by atoms with Crippen LogP contribution in [0.1, 0.15) is 24.5 Å². The number of aromatic nitrogens is 3. The summed E-state index contributed by atoms with van der Waals surface area (Å²) < 4.78 is 36.2. The van der Waals surface area contributed by atoms with Gasteiger partial charge in [0.25, 0.3) is 0 Å². The zero-order valence-corrected chi connectivity index (χ0v) is 21.4.